The molecule has 3 aromatic carbocycles. The first-order valence-electron chi connectivity index (χ1n) is 10.2. The lowest BCUT2D eigenvalue weighted by Crippen LogP contribution is -2.41. The van der Waals surface area contributed by atoms with E-state index in [4.69, 9.17) is 10.5 Å². The maximum Gasteiger partial charge on any atom is 0.515 e. The van der Waals surface area contributed by atoms with Crippen molar-refractivity contribution in [2.45, 2.75) is 4.90 Å². The van der Waals surface area contributed by atoms with Gasteiger partial charge in [0, 0.05) is 5.56 Å². The molecule has 38 heavy (non-hydrogen) atoms. The molecule has 0 saturated carbocycles. The lowest BCUT2D eigenvalue weighted by molar-refractivity contribution is 0.377. The number of rotatable bonds is 4. The van der Waals surface area contributed by atoms with Crippen LogP contribution in [0.25, 0.3) is 0 Å². The maximum absolute atomic E-state index is 13.3. The first-order valence-corrected chi connectivity index (χ1v) is 11.9. The van der Waals surface area contributed by atoms with Crippen molar-refractivity contribution in [3.8, 4) is 23.3 Å². The monoisotopic (exact) mass is 552 g/mol. The number of nitriles is 2. The van der Waals surface area contributed by atoms with Crippen LogP contribution in [-0.4, -0.2) is 12.7 Å². The number of halogens is 8. The minimum Gasteiger partial charge on any atom is -0.445 e. The van der Waals surface area contributed by atoms with Crippen LogP contribution in [0.15, 0.2) is 77.2 Å². The van der Waals surface area contributed by atoms with Crippen LogP contribution < -0.4 is 5.46 Å². The van der Waals surface area contributed by atoms with Crippen molar-refractivity contribution in [3.05, 3.63) is 107 Å². The second-order valence-electron chi connectivity index (χ2n) is 7.15. The molecule has 0 saturated heterocycles. The molecule has 0 radical (unpaired) electrons. The van der Waals surface area contributed by atoms with E-state index < -0.39 is 51.5 Å². The smallest absolute Gasteiger partial charge is 0.445 e. The summed E-state index contributed by atoms with van der Waals surface area (Å²) in [5.74, 6) is -10.6. The van der Waals surface area contributed by atoms with E-state index in [9.17, 15) is 39.1 Å². The van der Waals surface area contributed by atoms with Gasteiger partial charge < -0.3 is 12.9 Å². The number of allylic oxidation sites excluding steroid dienone is 1. The van der Waals surface area contributed by atoms with E-state index in [1.54, 1.807) is 36.4 Å². The Kier molecular flexibility index (Phi) is 9.98. The van der Waals surface area contributed by atoms with Crippen LogP contribution in [0.5, 0.6) is 0 Å². The SMILES string of the molecule is Fc1c(F)c(F)c([B-](F)(F)F)c(F)c1F.N#CC(C#N)=CC[S+](=O)(C#Cc1ccccc1)c1ccccc1. The van der Waals surface area contributed by atoms with Gasteiger partial charge in [0.2, 0.25) is 0 Å². The van der Waals surface area contributed by atoms with E-state index in [0.29, 0.717) is 4.90 Å². The molecule has 1 unspecified atom stereocenters. The molecule has 0 fully saturated rings. The molecule has 194 valence electrons. The van der Waals surface area contributed by atoms with Crippen LogP contribution in [0.3, 0.4) is 0 Å². The van der Waals surface area contributed by atoms with Gasteiger partial charge in [-0.2, -0.15) is 10.5 Å². The highest BCUT2D eigenvalue weighted by Crippen LogP contribution is 2.22. The summed E-state index contributed by atoms with van der Waals surface area (Å²) in [4.78, 5) is 0.593. The number of hydrogen-bond donors (Lipinski definition) is 0. The first-order chi connectivity index (χ1) is 17.9. The van der Waals surface area contributed by atoms with Gasteiger partial charge in [0.1, 0.15) is 29.3 Å². The molecular weight excluding hydrogens is 539 g/mol. The summed E-state index contributed by atoms with van der Waals surface area (Å²) in [6, 6.07) is 21.7. The summed E-state index contributed by atoms with van der Waals surface area (Å²) in [5, 5.41) is 20.5. The third kappa shape index (κ3) is 7.31. The summed E-state index contributed by atoms with van der Waals surface area (Å²) >= 11 is 0. The summed E-state index contributed by atoms with van der Waals surface area (Å²) in [6.45, 7) is -6.30. The number of nitrogens with zero attached hydrogens (tertiary/aromatic N) is 2. The Balaban J connectivity index is 0.000000293. The topological polar surface area (TPSA) is 64.7 Å². The van der Waals surface area contributed by atoms with Crippen molar-refractivity contribution in [1.82, 2.24) is 0 Å². The van der Waals surface area contributed by atoms with Crippen LogP contribution in [0, 0.1) is 62.9 Å². The summed E-state index contributed by atoms with van der Waals surface area (Å²) in [5.41, 5.74) is -2.03. The molecule has 0 aliphatic carbocycles. The quantitative estimate of drug-likeness (QED) is 0.0763. The van der Waals surface area contributed by atoms with E-state index in [2.05, 4.69) is 11.2 Å². The lowest BCUT2D eigenvalue weighted by Gasteiger charge is -2.17. The second kappa shape index (κ2) is 12.7. The Morgan fingerprint density at radius 1 is 0.763 bits per heavy atom. The van der Waals surface area contributed by atoms with Gasteiger partial charge >= 0.3 is 6.98 Å². The average Bonchev–Trinajstić information content (AvgIpc) is 2.91. The summed E-state index contributed by atoms with van der Waals surface area (Å²) in [7, 11) is -2.72. The zero-order valence-corrected chi connectivity index (χ0v) is 19.7. The molecule has 3 aromatic rings. The second-order valence-corrected chi connectivity index (χ2v) is 9.51. The lowest BCUT2D eigenvalue weighted by atomic mass is 9.79. The van der Waals surface area contributed by atoms with E-state index in [0.717, 1.165) is 5.56 Å². The highest BCUT2D eigenvalue weighted by atomic mass is 32.2. The molecule has 0 spiro atoms. The van der Waals surface area contributed by atoms with Gasteiger partial charge in [-0.05, 0) is 41.7 Å². The molecule has 1 atom stereocenters. The van der Waals surface area contributed by atoms with Crippen LogP contribution >= 0.6 is 0 Å². The Bertz CT molecular complexity index is 1490. The summed E-state index contributed by atoms with van der Waals surface area (Å²) in [6.07, 6.45) is 1.38. The normalized spacial score (nSPS) is 11.8. The third-order valence-corrected chi connectivity index (χ3v) is 6.69. The minimum atomic E-state index is -6.30. The zero-order valence-electron chi connectivity index (χ0n) is 18.9. The molecule has 0 aliphatic heterocycles. The zero-order chi connectivity index (χ0) is 28.5. The Morgan fingerprint density at radius 3 is 1.66 bits per heavy atom. The van der Waals surface area contributed by atoms with Gasteiger partial charge in [-0.3, -0.25) is 0 Å². The highest BCUT2D eigenvalue weighted by Gasteiger charge is 2.38. The van der Waals surface area contributed by atoms with Crippen molar-refractivity contribution >= 4 is 22.4 Å². The fourth-order valence-corrected chi connectivity index (χ4v) is 4.40. The van der Waals surface area contributed by atoms with Crippen LogP contribution in [0.4, 0.5) is 34.9 Å². The largest absolute Gasteiger partial charge is 0.515 e. The Morgan fingerprint density at radius 2 is 1.21 bits per heavy atom. The van der Waals surface area contributed by atoms with Crippen LogP contribution in [0.1, 0.15) is 5.56 Å². The van der Waals surface area contributed by atoms with Crippen molar-refractivity contribution in [3.63, 3.8) is 0 Å². The average molecular weight is 552 g/mol. The van der Waals surface area contributed by atoms with Crippen molar-refractivity contribution < 1.29 is 39.1 Å². The molecule has 0 aliphatic rings. The molecule has 0 bridgehead atoms. The van der Waals surface area contributed by atoms with E-state index in [1.807, 2.05) is 36.4 Å². The van der Waals surface area contributed by atoms with E-state index in [1.165, 1.54) is 6.08 Å². The molecule has 13 heteroatoms. The van der Waals surface area contributed by atoms with Gasteiger partial charge in [-0.15, -0.1) is 0 Å². The number of benzene rings is 3. The Hall–Kier alpha value is -4.41. The third-order valence-electron chi connectivity index (χ3n) is 4.59. The Labute approximate surface area is 213 Å². The standard InChI is InChI=1S/C19H13N2OS.C6BF8/c20-15-18(16-21)12-14-23(22,19-9-5-2-6-10-19)13-11-17-7-3-1-4-8-17;8-2-1(7(13,14)15)3(9)5(11)6(12)4(2)10/h1-10,12H,14H2;/q+1;-1. The molecular formula is C25H13BF8N2OS. The van der Waals surface area contributed by atoms with Crippen LogP contribution in [-0.2, 0) is 14.1 Å². The number of hydrogen-bond acceptors (Lipinski definition) is 3. The molecule has 0 amide bonds. The minimum absolute atomic E-state index is 0.0350. The van der Waals surface area contributed by atoms with Gasteiger partial charge in [0.25, 0.3) is 0 Å². The summed E-state index contributed by atoms with van der Waals surface area (Å²) < 4.78 is 111. The first kappa shape index (κ1) is 29.8. The maximum atomic E-state index is 13.3. The molecule has 0 heterocycles. The highest BCUT2D eigenvalue weighted by molar-refractivity contribution is 8.07. The van der Waals surface area contributed by atoms with Gasteiger partial charge in [0.15, 0.2) is 43.3 Å². The van der Waals surface area contributed by atoms with Crippen LogP contribution in [0.2, 0.25) is 0 Å². The molecule has 3 nitrogen and oxygen atoms in total. The van der Waals surface area contributed by atoms with Gasteiger partial charge in [-0.1, -0.05) is 40.6 Å². The predicted octanol–water partition coefficient (Wildman–Crippen LogP) is 5.96. The fraction of sp³-hybridized carbons (Fsp3) is 0.0400. The van der Waals surface area contributed by atoms with E-state index >= 15 is 0 Å². The van der Waals surface area contributed by atoms with Gasteiger partial charge in [0.05, 0.1) is 0 Å². The predicted molar refractivity (Wildman–Crippen MR) is 125 cm³/mol. The fourth-order valence-electron chi connectivity index (χ4n) is 2.73. The van der Waals surface area contributed by atoms with Crippen molar-refractivity contribution in [2.75, 3.05) is 5.75 Å². The van der Waals surface area contributed by atoms with Crippen molar-refractivity contribution in [2.24, 2.45) is 0 Å². The molecule has 0 aromatic heterocycles. The molecule has 3 rings (SSSR count). The van der Waals surface area contributed by atoms with Gasteiger partial charge in [-0.25, -0.2) is 22.0 Å². The molecule has 0 N–H and O–H groups in total. The van der Waals surface area contributed by atoms with Crippen molar-refractivity contribution in [1.29, 1.82) is 10.5 Å². The van der Waals surface area contributed by atoms with E-state index in [-0.39, 0.29) is 11.3 Å².